The normalized spacial score (nSPS) is 10.2. The van der Waals surface area contributed by atoms with Gasteiger partial charge in [0.05, 0.1) is 6.07 Å². The predicted octanol–water partition coefficient (Wildman–Crippen LogP) is 2.77. The Balaban J connectivity index is 2.07. The summed E-state index contributed by atoms with van der Waals surface area (Å²) in [5.74, 6) is 1.22. The van der Waals surface area contributed by atoms with Crippen LogP contribution in [0.25, 0.3) is 11.5 Å². The molecule has 0 aliphatic heterocycles. The highest BCUT2D eigenvalue weighted by atomic mass is 32.2. The molecule has 0 spiro atoms. The monoisotopic (exact) mass is 304 g/mol. The maximum absolute atomic E-state index is 8.46. The third-order valence-electron chi connectivity index (χ3n) is 2.46. The van der Waals surface area contributed by atoms with Gasteiger partial charge < -0.3 is 10.2 Å². The third-order valence-corrected chi connectivity index (χ3v) is 3.60. The van der Waals surface area contributed by atoms with Gasteiger partial charge in [-0.3, -0.25) is 0 Å². The van der Waals surface area contributed by atoms with Gasteiger partial charge in [-0.25, -0.2) is 0 Å². The highest BCUT2D eigenvalue weighted by Crippen LogP contribution is 2.24. The van der Waals surface area contributed by atoms with Crippen LogP contribution in [0.15, 0.2) is 33.9 Å². The third kappa shape index (κ3) is 3.79. The number of aromatic nitrogens is 2. The summed E-state index contributed by atoms with van der Waals surface area (Å²) < 4.78 is 5.56. The van der Waals surface area contributed by atoms with Crippen molar-refractivity contribution in [2.45, 2.75) is 18.1 Å². The van der Waals surface area contributed by atoms with Crippen molar-refractivity contribution in [2.75, 3.05) is 5.75 Å². The number of nitrogens with zero attached hydrogens (tertiary/aromatic N) is 3. The number of benzene rings is 1. The molecule has 102 valence electrons. The Labute approximate surface area is 126 Å². The topological polar surface area (TPSA) is 88.7 Å². The first-order valence-corrected chi connectivity index (χ1v) is 7.33. The summed E-state index contributed by atoms with van der Waals surface area (Å²) in [6.45, 7) is 0. The van der Waals surface area contributed by atoms with E-state index in [1.165, 1.54) is 11.8 Å². The molecule has 0 saturated carbocycles. The molecule has 1 heterocycles. The van der Waals surface area contributed by atoms with E-state index in [1.54, 1.807) is 0 Å². The molecule has 5 nitrogen and oxygen atoms in total. The van der Waals surface area contributed by atoms with Crippen molar-refractivity contribution in [3.63, 3.8) is 0 Å². The summed E-state index contributed by atoms with van der Waals surface area (Å²) in [7, 11) is 0. The van der Waals surface area contributed by atoms with Gasteiger partial charge >= 0.3 is 0 Å². The van der Waals surface area contributed by atoms with Crippen LogP contribution in [0.3, 0.4) is 0 Å². The summed E-state index contributed by atoms with van der Waals surface area (Å²) in [6, 6.07) is 9.45. The highest BCUT2D eigenvalue weighted by molar-refractivity contribution is 7.99. The second kappa shape index (κ2) is 7.03. The minimum atomic E-state index is 0.331. The maximum Gasteiger partial charge on any atom is 0.276 e. The van der Waals surface area contributed by atoms with Crippen LogP contribution >= 0.6 is 24.0 Å². The Bertz CT molecular complexity index is 648. The largest absolute Gasteiger partial charge is 0.411 e. The SMILES string of the molecule is N#CCCCSc1nnc(-c2cccc(C(N)=S)c2)o1. The fourth-order valence-electron chi connectivity index (χ4n) is 1.50. The molecule has 20 heavy (non-hydrogen) atoms. The lowest BCUT2D eigenvalue weighted by molar-refractivity contribution is 0.466. The number of thioether (sulfide) groups is 1. The molecule has 0 aliphatic carbocycles. The van der Waals surface area contributed by atoms with Crippen molar-refractivity contribution in [2.24, 2.45) is 5.73 Å². The van der Waals surface area contributed by atoms with Crippen molar-refractivity contribution in [1.82, 2.24) is 10.2 Å². The molecule has 0 unspecified atom stereocenters. The van der Waals surface area contributed by atoms with Crippen LogP contribution in [-0.2, 0) is 0 Å². The van der Waals surface area contributed by atoms with E-state index in [1.807, 2.05) is 24.3 Å². The Morgan fingerprint density at radius 3 is 3.05 bits per heavy atom. The molecule has 1 aromatic carbocycles. The van der Waals surface area contributed by atoms with Gasteiger partial charge in [-0.2, -0.15) is 5.26 Å². The number of nitriles is 1. The van der Waals surface area contributed by atoms with Crippen LogP contribution in [0, 0.1) is 11.3 Å². The fourth-order valence-corrected chi connectivity index (χ4v) is 2.33. The minimum Gasteiger partial charge on any atom is -0.411 e. The molecule has 0 atom stereocenters. The van der Waals surface area contributed by atoms with E-state index in [0.717, 1.165) is 23.3 Å². The molecule has 2 rings (SSSR count). The molecule has 2 N–H and O–H groups in total. The summed E-state index contributed by atoms with van der Waals surface area (Å²) >= 11 is 6.38. The van der Waals surface area contributed by atoms with Crippen molar-refractivity contribution in [3.05, 3.63) is 29.8 Å². The van der Waals surface area contributed by atoms with Crippen LogP contribution in [0.1, 0.15) is 18.4 Å². The van der Waals surface area contributed by atoms with E-state index in [0.29, 0.717) is 22.5 Å². The lowest BCUT2D eigenvalue weighted by Gasteiger charge is -1.99. The van der Waals surface area contributed by atoms with Crippen molar-refractivity contribution in [1.29, 1.82) is 5.26 Å². The van der Waals surface area contributed by atoms with Crippen molar-refractivity contribution in [3.8, 4) is 17.5 Å². The number of rotatable bonds is 6. The molecular formula is C13H12N4OS2. The first-order chi connectivity index (χ1) is 9.70. The Morgan fingerprint density at radius 2 is 2.30 bits per heavy atom. The summed E-state index contributed by atoms with van der Waals surface area (Å²) in [6.07, 6.45) is 1.33. The smallest absolute Gasteiger partial charge is 0.276 e. The van der Waals surface area contributed by atoms with Gasteiger partial charge in [0, 0.05) is 23.3 Å². The molecule has 0 bridgehead atoms. The van der Waals surface area contributed by atoms with Crippen LogP contribution in [-0.4, -0.2) is 20.9 Å². The zero-order chi connectivity index (χ0) is 14.4. The fraction of sp³-hybridized carbons (Fsp3) is 0.231. The standard InChI is InChI=1S/C13H12N4OS2/c14-6-1-2-7-20-13-17-16-12(18-13)10-5-3-4-9(8-10)11(15)19/h3-5,8H,1-2,7H2,(H2,15,19). The quantitative estimate of drug-likeness (QED) is 0.498. The van der Waals surface area contributed by atoms with E-state index >= 15 is 0 Å². The summed E-state index contributed by atoms with van der Waals surface area (Å²) in [4.78, 5) is 0.331. The lowest BCUT2D eigenvalue weighted by Crippen LogP contribution is -2.08. The van der Waals surface area contributed by atoms with E-state index in [4.69, 9.17) is 27.6 Å². The molecule has 2 aromatic rings. The number of hydrogen-bond acceptors (Lipinski definition) is 6. The summed E-state index contributed by atoms with van der Waals surface area (Å²) in [5, 5.41) is 16.9. The van der Waals surface area contributed by atoms with Crippen molar-refractivity contribution >= 4 is 29.0 Å². The average Bonchev–Trinajstić information content (AvgIpc) is 2.92. The van der Waals surface area contributed by atoms with E-state index in [2.05, 4.69) is 16.3 Å². The van der Waals surface area contributed by atoms with E-state index in [9.17, 15) is 0 Å². The number of unbranched alkanes of at least 4 members (excludes halogenated alkanes) is 1. The van der Waals surface area contributed by atoms with E-state index in [-0.39, 0.29) is 0 Å². The second-order valence-electron chi connectivity index (χ2n) is 3.93. The van der Waals surface area contributed by atoms with Crippen LogP contribution in [0.4, 0.5) is 0 Å². The molecule has 1 aromatic heterocycles. The number of thiocarbonyl (C=S) groups is 1. The van der Waals surface area contributed by atoms with Crippen LogP contribution < -0.4 is 5.73 Å². The highest BCUT2D eigenvalue weighted by Gasteiger charge is 2.10. The van der Waals surface area contributed by atoms with E-state index < -0.39 is 0 Å². The van der Waals surface area contributed by atoms with Gasteiger partial charge in [-0.1, -0.05) is 36.1 Å². The second-order valence-corrected chi connectivity index (χ2v) is 5.41. The Hall–Kier alpha value is -1.91. The summed E-state index contributed by atoms with van der Waals surface area (Å²) in [5.41, 5.74) is 7.14. The maximum atomic E-state index is 8.46. The average molecular weight is 304 g/mol. The molecule has 7 heteroatoms. The van der Waals surface area contributed by atoms with Crippen LogP contribution in [0.5, 0.6) is 0 Å². The molecule has 0 fully saturated rings. The lowest BCUT2D eigenvalue weighted by atomic mass is 10.1. The molecule has 0 saturated heterocycles. The van der Waals surface area contributed by atoms with Gasteiger partial charge in [0.1, 0.15) is 4.99 Å². The molecule has 0 aliphatic rings. The predicted molar refractivity (Wildman–Crippen MR) is 81.2 cm³/mol. The van der Waals surface area contributed by atoms with Gasteiger partial charge in [0.25, 0.3) is 5.22 Å². The number of nitrogens with two attached hydrogens (primary N) is 1. The Morgan fingerprint density at radius 1 is 1.45 bits per heavy atom. The van der Waals surface area contributed by atoms with Gasteiger partial charge in [0.15, 0.2) is 0 Å². The van der Waals surface area contributed by atoms with Gasteiger partial charge in [-0.15, -0.1) is 10.2 Å². The first-order valence-electron chi connectivity index (χ1n) is 5.94. The first kappa shape index (κ1) is 14.5. The Kier molecular flexibility index (Phi) is 5.09. The van der Waals surface area contributed by atoms with Gasteiger partial charge in [-0.05, 0) is 18.6 Å². The van der Waals surface area contributed by atoms with Crippen molar-refractivity contribution < 1.29 is 4.42 Å². The minimum absolute atomic E-state index is 0.331. The van der Waals surface area contributed by atoms with Crippen LogP contribution in [0.2, 0.25) is 0 Å². The zero-order valence-electron chi connectivity index (χ0n) is 10.6. The number of hydrogen-bond donors (Lipinski definition) is 1. The zero-order valence-corrected chi connectivity index (χ0v) is 12.2. The molecule has 0 radical (unpaired) electrons. The molecular weight excluding hydrogens is 292 g/mol. The molecule has 0 amide bonds. The van der Waals surface area contributed by atoms with Gasteiger partial charge in [0.2, 0.25) is 5.89 Å².